The van der Waals surface area contributed by atoms with Crippen LogP contribution < -0.4 is 14.2 Å². The molecule has 0 aliphatic rings. The van der Waals surface area contributed by atoms with E-state index in [0.29, 0.717) is 11.1 Å². The van der Waals surface area contributed by atoms with Gasteiger partial charge in [0.2, 0.25) is 0 Å². The number of ether oxygens (including phenoxy) is 2. The summed E-state index contributed by atoms with van der Waals surface area (Å²) in [7, 11) is -2.92. The molecule has 200 valence electrons. The van der Waals surface area contributed by atoms with Gasteiger partial charge in [-0.2, -0.15) is 13.2 Å². The third-order valence-corrected chi connectivity index (χ3v) is 7.24. The average Bonchev–Trinajstić information content (AvgIpc) is 3.26. The number of fused-ring (bicyclic) bond motifs is 1. The summed E-state index contributed by atoms with van der Waals surface area (Å²) in [6.07, 6.45) is -4.97. The summed E-state index contributed by atoms with van der Waals surface area (Å²) in [6.45, 7) is 3.41. The van der Waals surface area contributed by atoms with Crippen LogP contribution in [-0.2, 0) is 27.4 Å². The minimum absolute atomic E-state index is 0.0341. The number of H-pyrrole nitrogens is 1. The van der Waals surface area contributed by atoms with Gasteiger partial charge in [-0.15, -0.1) is 0 Å². The molecule has 3 aromatic carbocycles. The zero-order chi connectivity index (χ0) is 27.8. The monoisotopic (exact) mass is 548 g/mol. The second-order valence-electron chi connectivity index (χ2n) is 8.61. The number of alkyl halides is 3. The lowest BCUT2D eigenvalue weighted by Gasteiger charge is -2.17. The van der Waals surface area contributed by atoms with E-state index in [2.05, 4.69) is 9.71 Å². The largest absolute Gasteiger partial charge is 0.493 e. The normalized spacial score (nSPS) is 11.9. The molecule has 4 rings (SSSR count). The smallest absolute Gasteiger partial charge is 0.431 e. The van der Waals surface area contributed by atoms with Gasteiger partial charge in [0.1, 0.15) is 11.4 Å². The zero-order valence-corrected chi connectivity index (χ0v) is 21.3. The highest BCUT2D eigenvalue weighted by Crippen LogP contribution is 2.42. The van der Waals surface area contributed by atoms with Crippen LogP contribution in [0.5, 0.6) is 17.2 Å². The molecular weight excluding hydrogens is 525 g/mol. The van der Waals surface area contributed by atoms with Crippen LogP contribution in [-0.4, -0.2) is 31.6 Å². The Balaban J connectivity index is 1.85. The predicted octanol–water partition coefficient (Wildman–Crippen LogP) is 6.03. The minimum atomic E-state index is -4.70. The number of aromatic nitrogens is 1. The highest BCUT2D eigenvalue weighted by atomic mass is 32.2. The van der Waals surface area contributed by atoms with Crippen LogP contribution >= 0.6 is 0 Å². The van der Waals surface area contributed by atoms with Crippen molar-refractivity contribution in [3.8, 4) is 17.2 Å². The standard InChI is InChI=1S/C26H23F3N2O6S/c1-14-4-9-22(15(2)10-14)38(34,35)31-25-17-13-23(26(27,28)29)30-18(17)6-8-20(25)37-19-7-5-16(12-24(32)33)11-21(19)36-3/h4-11,13,30-31H,12H2,1-3H3,(H,32,33). The lowest BCUT2D eigenvalue weighted by Crippen LogP contribution is -2.15. The van der Waals surface area contributed by atoms with Crippen LogP contribution in [0.4, 0.5) is 18.9 Å². The number of sulfonamides is 1. The number of benzene rings is 3. The first-order valence-electron chi connectivity index (χ1n) is 11.2. The van der Waals surface area contributed by atoms with Crippen molar-refractivity contribution in [1.82, 2.24) is 4.98 Å². The van der Waals surface area contributed by atoms with E-state index in [1.807, 2.05) is 0 Å². The summed E-state index contributed by atoms with van der Waals surface area (Å²) in [5.41, 5.74) is 0.470. The maximum atomic E-state index is 13.5. The number of rotatable bonds is 8. The molecule has 0 saturated carbocycles. The molecular formula is C26H23F3N2O6S. The topological polar surface area (TPSA) is 118 Å². The number of aromatic amines is 1. The number of aliphatic carboxylic acids is 1. The lowest BCUT2D eigenvalue weighted by molar-refractivity contribution is -0.140. The van der Waals surface area contributed by atoms with E-state index in [0.717, 1.165) is 11.6 Å². The number of hydrogen-bond acceptors (Lipinski definition) is 5. The molecule has 0 aliphatic heterocycles. The average molecular weight is 549 g/mol. The zero-order valence-electron chi connectivity index (χ0n) is 20.4. The second kappa shape index (κ2) is 9.93. The first kappa shape index (κ1) is 26.9. The molecule has 0 saturated heterocycles. The number of carboxylic acid groups (broad SMARTS) is 1. The van der Waals surface area contributed by atoms with E-state index in [1.165, 1.54) is 43.5 Å². The molecule has 8 nitrogen and oxygen atoms in total. The molecule has 3 N–H and O–H groups in total. The molecule has 0 aliphatic carbocycles. The third kappa shape index (κ3) is 5.54. The Bertz CT molecular complexity index is 1640. The number of carboxylic acids is 1. The number of methoxy groups -OCH3 is 1. The predicted molar refractivity (Wildman–Crippen MR) is 134 cm³/mol. The van der Waals surface area contributed by atoms with Gasteiger partial charge in [0, 0.05) is 10.9 Å². The Kier molecular flexibility index (Phi) is 7.02. The van der Waals surface area contributed by atoms with Crippen LogP contribution in [0.2, 0.25) is 0 Å². The summed E-state index contributed by atoms with van der Waals surface area (Å²) in [6, 6.07) is 12.5. The number of hydrogen-bond donors (Lipinski definition) is 3. The third-order valence-electron chi connectivity index (χ3n) is 5.73. The fraction of sp³-hybridized carbons (Fsp3) is 0.192. The van der Waals surface area contributed by atoms with E-state index in [9.17, 15) is 26.4 Å². The Morgan fingerprint density at radius 2 is 1.71 bits per heavy atom. The fourth-order valence-corrected chi connectivity index (χ4v) is 5.34. The van der Waals surface area contributed by atoms with Gasteiger partial charge in [-0.3, -0.25) is 9.52 Å². The highest BCUT2D eigenvalue weighted by molar-refractivity contribution is 7.92. The SMILES string of the molecule is COc1cc(CC(=O)O)ccc1Oc1ccc2[nH]c(C(F)(F)F)cc2c1NS(=O)(=O)c1ccc(C)cc1C. The lowest BCUT2D eigenvalue weighted by atomic mass is 10.1. The summed E-state index contributed by atoms with van der Waals surface area (Å²) < 4.78 is 80.8. The Morgan fingerprint density at radius 3 is 2.34 bits per heavy atom. The van der Waals surface area contributed by atoms with E-state index >= 15 is 0 Å². The molecule has 0 atom stereocenters. The van der Waals surface area contributed by atoms with Gasteiger partial charge in [0.05, 0.1) is 18.4 Å². The van der Waals surface area contributed by atoms with E-state index in [1.54, 1.807) is 26.0 Å². The number of carbonyl (C=O) groups is 1. The van der Waals surface area contributed by atoms with Crippen molar-refractivity contribution in [1.29, 1.82) is 0 Å². The van der Waals surface area contributed by atoms with Crippen molar-refractivity contribution in [2.24, 2.45) is 0 Å². The first-order valence-corrected chi connectivity index (χ1v) is 12.7. The molecule has 38 heavy (non-hydrogen) atoms. The van der Waals surface area contributed by atoms with Gasteiger partial charge in [-0.25, -0.2) is 8.42 Å². The van der Waals surface area contributed by atoms with Crippen LogP contribution in [0, 0.1) is 13.8 Å². The highest BCUT2D eigenvalue weighted by Gasteiger charge is 2.33. The number of aryl methyl sites for hydroxylation is 2. The van der Waals surface area contributed by atoms with Crippen LogP contribution in [0.3, 0.4) is 0 Å². The Morgan fingerprint density at radius 1 is 1.00 bits per heavy atom. The van der Waals surface area contributed by atoms with Gasteiger partial charge < -0.3 is 19.6 Å². The maximum absolute atomic E-state index is 13.5. The number of anilines is 1. The van der Waals surface area contributed by atoms with Crippen molar-refractivity contribution < 1.29 is 41.0 Å². The Hall–Kier alpha value is -4.19. The second-order valence-corrected chi connectivity index (χ2v) is 10.3. The quantitative estimate of drug-likeness (QED) is 0.247. The van der Waals surface area contributed by atoms with Gasteiger partial charge in [0.25, 0.3) is 10.0 Å². The molecule has 4 aromatic rings. The van der Waals surface area contributed by atoms with Gasteiger partial charge in [0.15, 0.2) is 17.2 Å². The van der Waals surface area contributed by atoms with Gasteiger partial charge >= 0.3 is 12.1 Å². The van der Waals surface area contributed by atoms with E-state index in [4.69, 9.17) is 14.6 Å². The Labute approximate surface area is 216 Å². The summed E-state index contributed by atoms with van der Waals surface area (Å²) in [5, 5.41) is 8.98. The van der Waals surface area contributed by atoms with Crippen LogP contribution in [0.1, 0.15) is 22.4 Å². The molecule has 0 unspecified atom stereocenters. The fourth-order valence-electron chi connectivity index (χ4n) is 4.02. The molecule has 0 amide bonds. The minimum Gasteiger partial charge on any atom is -0.493 e. The summed E-state index contributed by atoms with van der Waals surface area (Å²) >= 11 is 0. The van der Waals surface area contributed by atoms with E-state index in [-0.39, 0.29) is 45.2 Å². The van der Waals surface area contributed by atoms with Crippen molar-refractivity contribution in [2.75, 3.05) is 11.8 Å². The molecule has 0 fully saturated rings. The van der Waals surface area contributed by atoms with Crippen LogP contribution in [0.15, 0.2) is 59.5 Å². The molecule has 12 heteroatoms. The van der Waals surface area contributed by atoms with Gasteiger partial charge in [-0.1, -0.05) is 23.8 Å². The number of halogens is 3. The molecule has 0 radical (unpaired) electrons. The van der Waals surface area contributed by atoms with Crippen LogP contribution in [0.25, 0.3) is 10.9 Å². The first-order chi connectivity index (χ1) is 17.8. The van der Waals surface area contributed by atoms with Gasteiger partial charge in [-0.05, 0) is 61.4 Å². The number of nitrogens with one attached hydrogen (secondary N) is 2. The molecule has 0 spiro atoms. The molecule has 1 heterocycles. The summed E-state index contributed by atoms with van der Waals surface area (Å²) in [4.78, 5) is 13.3. The van der Waals surface area contributed by atoms with E-state index < -0.39 is 27.9 Å². The van der Waals surface area contributed by atoms with Crippen molar-refractivity contribution in [2.45, 2.75) is 31.3 Å². The molecule has 1 aromatic heterocycles. The summed E-state index contributed by atoms with van der Waals surface area (Å²) in [5.74, 6) is -0.901. The van der Waals surface area contributed by atoms with Crippen molar-refractivity contribution in [3.63, 3.8) is 0 Å². The van der Waals surface area contributed by atoms with Crippen molar-refractivity contribution >= 4 is 32.6 Å². The van der Waals surface area contributed by atoms with Crippen molar-refractivity contribution in [3.05, 3.63) is 77.0 Å². The maximum Gasteiger partial charge on any atom is 0.431 e. The molecule has 0 bridgehead atoms.